The predicted octanol–water partition coefficient (Wildman–Crippen LogP) is 2.90. The van der Waals surface area contributed by atoms with Gasteiger partial charge in [-0.15, -0.1) is 0 Å². The first-order valence-electron chi connectivity index (χ1n) is 8.46. The molecule has 1 N–H and O–H groups in total. The van der Waals surface area contributed by atoms with E-state index in [9.17, 15) is 13.2 Å². The number of amides is 1. The Hall–Kier alpha value is -2.34. The minimum atomic E-state index is -3.57. The van der Waals surface area contributed by atoms with E-state index in [-0.39, 0.29) is 12.5 Å². The lowest BCUT2D eigenvalue weighted by molar-refractivity contribution is -0.121. The van der Waals surface area contributed by atoms with Crippen LogP contribution in [-0.4, -0.2) is 32.7 Å². The number of rotatable bonds is 7. The smallest absolute Gasteiger partial charge is 0.241 e. The van der Waals surface area contributed by atoms with E-state index in [1.165, 1.54) is 0 Å². The largest absolute Gasteiger partial charge is 0.349 e. The molecule has 2 aromatic carbocycles. The summed E-state index contributed by atoms with van der Waals surface area (Å²) in [5.41, 5.74) is 2.04. The van der Waals surface area contributed by atoms with Crippen LogP contribution >= 0.6 is 0 Å². The molecule has 140 valence electrons. The first-order chi connectivity index (χ1) is 12.1. The molecule has 0 saturated carbocycles. The van der Waals surface area contributed by atoms with Gasteiger partial charge in [-0.2, -0.15) is 0 Å². The van der Waals surface area contributed by atoms with Crippen LogP contribution in [0.15, 0.2) is 54.6 Å². The minimum absolute atomic E-state index is 0.249. The second-order valence-corrected chi connectivity index (χ2v) is 9.11. The van der Waals surface area contributed by atoms with Crippen molar-refractivity contribution in [2.24, 2.45) is 0 Å². The number of hydrogen-bond acceptors (Lipinski definition) is 3. The third kappa shape index (κ3) is 5.88. The van der Waals surface area contributed by atoms with Crippen molar-refractivity contribution in [3.05, 3.63) is 65.7 Å². The molecule has 0 saturated heterocycles. The molecule has 2 rings (SSSR count). The third-order valence-corrected chi connectivity index (χ3v) is 5.08. The Kier molecular flexibility index (Phi) is 6.08. The van der Waals surface area contributed by atoms with Gasteiger partial charge in [-0.1, -0.05) is 42.5 Å². The number of aryl methyl sites for hydroxylation is 1. The van der Waals surface area contributed by atoms with Crippen LogP contribution in [0.25, 0.3) is 0 Å². The van der Waals surface area contributed by atoms with E-state index in [0.29, 0.717) is 12.1 Å². The van der Waals surface area contributed by atoms with Gasteiger partial charge in [0.1, 0.15) is 6.54 Å². The number of nitrogens with zero attached hydrogens (tertiary/aromatic N) is 1. The maximum absolute atomic E-state index is 12.5. The third-order valence-electron chi connectivity index (χ3n) is 3.94. The van der Waals surface area contributed by atoms with E-state index in [2.05, 4.69) is 5.32 Å². The summed E-state index contributed by atoms with van der Waals surface area (Å²) < 4.78 is 25.5. The highest BCUT2D eigenvalue weighted by Crippen LogP contribution is 2.19. The second kappa shape index (κ2) is 7.91. The van der Waals surface area contributed by atoms with Crippen molar-refractivity contribution in [1.29, 1.82) is 0 Å². The average Bonchev–Trinajstić information content (AvgIpc) is 2.51. The summed E-state index contributed by atoms with van der Waals surface area (Å²) >= 11 is 0. The van der Waals surface area contributed by atoms with Gasteiger partial charge in [0.15, 0.2) is 0 Å². The van der Waals surface area contributed by atoms with Crippen molar-refractivity contribution in [3.8, 4) is 0 Å². The summed E-state index contributed by atoms with van der Waals surface area (Å²) in [7, 11) is -3.57. The molecule has 0 aliphatic carbocycles. The van der Waals surface area contributed by atoms with Gasteiger partial charge < -0.3 is 5.32 Å². The summed E-state index contributed by atoms with van der Waals surface area (Å²) in [6, 6.07) is 17.0. The van der Waals surface area contributed by atoms with E-state index in [1.54, 1.807) is 18.2 Å². The highest BCUT2D eigenvalue weighted by molar-refractivity contribution is 7.92. The minimum Gasteiger partial charge on any atom is -0.349 e. The van der Waals surface area contributed by atoms with Crippen LogP contribution in [0.5, 0.6) is 0 Å². The Labute approximate surface area is 156 Å². The van der Waals surface area contributed by atoms with Crippen LogP contribution < -0.4 is 9.62 Å². The van der Waals surface area contributed by atoms with Gasteiger partial charge in [0.2, 0.25) is 15.9 Å². The Morgan fingerprint density at radius 2 is 1.73 bits per heavy atom. The number of sulfonamides is 1. The van der Waals surface area contributed by atoms with Gasteiger partial charge in [0.05, 0.1) is 11.9 Å². The Bertz CT molecular complexity index is 862. The van der Waals surface area contributed by atoms with Crippen molar-refractivity contribution in [3.63, 3.8) is 0 Å². The van der Waals surface area contributed by atoms with Gasteiger partial charge in [-0.3, -0.25) is 9.10 Å². The van der Waals surface area contributed by atoms with Crippen LogP contribution in [0.3, 0.4) is 0 Å². The molecule has 0 spiro atoms. The van der Waals surface area contributed by atoms with E-state index >= 15 is 0 Å². The molecule has 0 heterocycles. The molecule has 1 amide bonds. The number of carbonyl (C=O) groups excluding carboxylic acids is 1. The number of benzene rings is 2. The zero-order valence-corrected chi connectivity index (χ0v) is 16.5. The molecule has 0 aliphatic heterocycles. The lowest BCUT2D eigenvalue weighted by Gasteiger charge is -2.29. The summed E-state index contributed by atoms with van der Waals surface area (Å²) in [5, 5.41) is 2.95. The average molecular weight is 375 g/mol. The van der Waals surface area contributed by atoms with Crippen molar-refractivity contribution in [1.82, 2.24) is 5.32 Å². The standard InChI is InChI=1S/C20H26N2O3S/c1-16-9-8-12-18(13-16)22(26(4,24)25)15-19(23)21-20(2,3)14-17-10-6-5-7-11-17/h5-13H,14-15H2,1-4H3,(H,21,23). The Balaban J connectivity index is 2.12. The van der Waals surface area contributed by atoms with E-state index in [1.807, 2.05) is 57.2 Å². The number of carbonyl (C=O) groups is 1. The lowest BCUT2D eigenvalue weighted by Crippen LogP contribution is -2.50. The molecular weight excluding hydrogens is 348 g/mol. The maximum Gasteiger partial charge on any atom is 0.241 e. The first kappa shape index (κ1) is 20.0. The van der Waals surface area contributed by atoms with Crippen molar-refractivity contribution >= 4 is 21.6 Å². The quantitative estimate of drug-likeness (QED) is 0.810. The maximum atomic E-state index is 12.5. The predicted molar refractivity (Wildman–Crippen MR) is 106 cm³/mol. The van der Waals surface area contributed by atoms with Crippen LogP contribution in [0.1, 0.15) is 25.0 Å². The zero-order valence-electron chi connectivity index (χ0n) is 15.7. The van der Waals surface area contributed by atoms with Gasteiger partial charge in [0, 0.05) is 5.54 Å². The van der Waals surface area contributed by atoms with Crippen LogP contribution in [-0.2, 0) is 21.2 Å². The molecule has 0 aromatic heterocycles. The molecule has 2 aromatic rings. The Morgan fingerprint density at radius 3 is 2.31 bits per heavy atom. The van der Waals surface area contributed by atoms with E-state index < -0.39 is 15.6 Å². The van der Waals surface area contributed by atoms with Crippen molar-refractivity contribution in [2.45, 2.75) is 32.7 Å². The lowest BCUT2D eigenvalue weighted by atomic mass is 9.95. The fourth-order valence-electron chi connectivity index (χ4n) is 2.88. The van der Waals surface area contributed by atoms with Crippen molar-refractivity contribution < 1.29 is 13.2 Å². The van der Waals surface area contributed by atoms with Crippen molar-refractivity contribution in [2.75, 3.05) is 17.1 Å². The molecule has 0 aliphatic rings. The zero-order chi connectivity index (χ0) is 19.4. The molecule has 26 heavy (non-hydrogen) atoms. The SMILES string of the molecule is Cc1cccc(N(CC(=O)NC(C)(C)Cc2ccccc2)S(C)(=O)=O)c1. The molecule has 0 fully saturated rings. The Morgan fingerprint density at radius 1 is 1.08 bits per heavy atom. The highest BCUT2D eigenvalue weighted by Gasteiger charge is 2.25. The normalized spacial score (nSPS) is 11.8. The van der Waals surface area contributed by atoms with Crippen LogP contribution in [0, 0.1) is 6.92 Å². The summed E-state index contributed by atoms with van der Waals surface area (Å²) in [6.07, 6.45) is 1.76. The summed E-state index contributed by atoms with van der Waals surface area (Å²) in [6.45, 7) is 5.48. The molecule has 5 nitrogen and oxygen atoms in total. The summed E-state index contributed by atoms with van der Waals surface area (Å²) in [4.78, 5) is 12.5. The molecule has 0 radical (unpaired) electrons. The van der Waals surface area contributed by atoms with Gasteiger partial charge in [0.25, 0.3) is 0 Å². The molecule has 0 bridgehead atoms. The number of anilines is 1. The fourth-order valence-corrected chi connectivity index (χ4v) is 3.73. The molecule has 0 unspecified atom stereocenters. The number of nitrogens with one attached hydrogen (secondary N) is 1. The van der Waals surface area contributed by atoms with Gasteiger partial charge in [-0.25, -0.2) is 8.42 Å². The second-order valence-electron chi connectivity index (χ2n) is 7.20. The van der Waals surface area contributed by atoms with E-state index in [4.69, 9.17) is 0 Å². The molecule has 6 heteroatoms. The summed E-state index contributed by atoms with van der Waals surface area (Å²) in [5.74, 6) is -0.335. The fraction of sp³-hybridized carbons (Fsp3) is 0.350. The molecular formula is C20H26N2O3S. The van der Waals surface area contributed by atoms with E-state index in [0.717, 1.165) is 21.7 Å². The topological polar surface area (TPSA) is 66.5 Å². The van der Waals surface area contributed by atoms with Crippen LogP contribution in [0.2, 0.25) is 0 Å². The highest BCUT2D eigenvalue weighted by atomic mass is 32.2. The first-order valence-corrected chi connectivity index (χ1v) is 10.3. The van der Waals surface area contributed by atoms with Gasteiger partial charge >= 0.3 is 0 Å². The van der Waals surface area contributed by atoms with Gasteiger partial charge in [-0.05, 0) is 50.5 Å². The van der Waals surface area contributed by atoms with Crippen LogP contribution in [0.4, 0.5) is 5.69 Å². The monoisotopic (exact) mass is 374 g/mol. The number of hydrogen-bond donors (Lipinski definition) is 1. The molecule has 0 atom stereocenters.